The average molecular weight is 227 g/mol. The van der Waals surface area contributed by atoms with Crippen LogP contribution in [0.25, 0.3) is 20.5 Å². The van der Waals surface area contributed by atoms with E-state index in [0.717, 1.165) is 20.5 Å². The molecule has 0 atom stereocenters. The van der Waals surface area contributed by atoms with Gasteiger partial charge in [-0.2, -0.15) is 0 Å². The van der Waals surface area contributed by atoms with Crippen molar-refractivity contribution in [2.75, 3.05) is 0 Å². The van der Waals surface area contributed by atoms with Crippen LogP contribution in [0.4, 0.5) is 0 Å². The molecule has 2 heterocycles. The van der Waals surface area contributed by atoms with Gasteiger partial charge in [0.25, 0.3) is 0 Å². The molecule has 0 aliphatic rings. The molecular weight excluding hydrogens is 218 g/mol. The molecule has 0 fully saturated rings. The Labute approximate surface area is 96.8 Å². The van der Waals surface area contributed by atoms with Crippen LogP contribution < -0.4 is 0 Å². The minimum Gasteiger partial charge on any atom is -0.506 e. The lowest BCUT2D eigenvalue weighted by molar-refractivity contribution is 0.485. The van der Waals surface area contributed by atoms with E-state index in [-0.39, 0.29) is 0 Å². The molecule has 3 rings (SSSR count). The normalized spacial score (nSPS) is 10.8. The number of hydrogen-bond donors (Lipinski definition) is 1. The van der Waals surface area contributed by atoms with Crippen LogP contribution in [-0.2, 0) is 0 Å². The van der Waals surface area contributed by atoms with Crippen molar-refractivity contribution in [1.29, 1.82) is 0 Å². The van der Waals surface area contributed by atoms with Gasteiger partial charge in [0.1, 0.15) is 5.75 Å². The number of rotatable bonds is 1. The Morgan fingerprint density at radius 1 is 1.06 bits per heavy atom. The van der Waals surface area contributed by atoms with Crippen LogP contribution >= 0.6 is 11.3 Å². The Morgan fingerprint density at radius 3 is 2.62 bits per heavy atom. The van der Waals surface area contributed by atoms with Gasteiger partial charge in [-0.15, -0.1) is 11.3 Å². The van der Waals surface area contributed by atoms with Gasteiger partial charge in [0.05, 0.1) is 10.3 Å². The van der Waals surface area contributed by atoms with E-state index >= 15 is 0 Å². The zero-order valence-electron chi connectivity index (χ0n) is 8.42. The van der Waals surface area contributed by atoms with Gasteiger partial charge in [0, 0.05) is 17.1 Å². The second-order valence-electron chi connectivity index (χ2n) is 3.52. The summed E-state index contributed by atoms with van der Waals surface area (Å²) >= 11 is 1.59. The number of benzene rings is 1. The molecule has 0 saturated heterocycles. The number of nitrogens with zero attached hydrogens (tertiary/aromatic N) is 1. The molecule has 1 aromatic carbocycles. The molecule has 0 saturated carbocycles. The topological polar surface area (TPSA) is 33.1 Å². The molecule has 16 heavy (non-hydrogen) atoms. The molecule has 0 unspecified atom stereocenters. The summed E-state index contributed by atoms with van der Waals surface area (Å²) in [6.45, 7) is 0. The Bertz CT molecular complexity index is 631. The fourth-order valence-corrected chi connectivity index (χ4v) is 2.78. The van der Waals surface area contributed by atoms with Gasteiger partial charge >= 0.3 is 0 Å². The molecular formula is C13H9NOS. The second kappa shape index (κ2) is 3.61. The number of pyridine rings is 1. The van der Waals surface area contributed by atoms with E-state index in [9.17, 15) is 5.11 Å². The lowest BCUT2D eigenvalue weighted by Crippen LogP contribution is -1.71. The molecule has 3 heteroatoms. The van der Waals surface area contributed by atoms with Gasteiger partial charge in [-0.05, 0) is 11.6 Å². The van der Waals surface area contributed by atoms with Crippen molar-refractivity contribution in [3.05, 3.63) is 48.8 Å². The molecule has 0 amide bonds. The summed E-state index contributed by atoms with van der Waals surface area (Å²) in [7, 11) is 0. The van der Waals surface area contributed by atoms with E-state index < -0.39 is 0 Å². The highest BCUT2D eigenvalue weighted by Gasteiger charge is 2.11. The molecule has 78 valence electrons. The van der Waals surface area contributed by atoms with Crippen LogP contribution in [0.2, 0.25) is 0 Å². The summed E-state index contributed by atoms with van der Waals surface area (Å²) in [6, 6.07) is 11.8. The maximum atomic E-state index is 10.1. The second-order valence-corrected chi connectivity index (χ2v) is 4.57. The first-order valence-corrected chi connectivity index (χ1v) is 5.79. The summed E-state index contributed by atoms with van der Waals surface area (Å²) in [4.78, 5) is 4.93. The average Bonchev–Trinajstić information content (AvgIpc) is 2.69. The first kappa shape index (κ1) is 9.36. The van der Waals surface area contributed by atoms with Crippen molar-refractivity contribution in [2.24, 2.45) is 0 Å². The van der Waals surface area contributed by atoms with Crippen LogP contribution in [0.5, 0.6) is 5.75 Å². The number of hydrogen-bond acceptors (Lipinski definition) is 3. The molecule has 0 bridgehead atoms. The Kier molecular flexibility index (Phi) is 2.11. The maximum Gasteiger partial charge on any atom is 0.143 e. The summed E-state index contributed by atoms with van der Waals surface area (Å²) in [5.74, 6) is 0.333. The standard InChI is InChI=1S/C13H9NOS/c15-12-10-8-14-7-6-11(10)16-13(12)9-4-2-1-3-5-9/h1-8,15H. The lowest BCUT2D eigenvalue weighted by Gasteiger charge is -1.97. The predicted octanol–water partition coefficient (Wildman–Crippen LogP) is 3.67. The smallest absolute Gasteiger partial charge is 0.143 e. The van der Waals surface area contributed by atoms with Gasteiger partial charge in [-0.1, -0.05) is 30.3 Å². The molecule has 0 radical (unpaired) electrons. The predicted molar refractivity (Wildman–Crippen MR) is 66.7 cm³/mol. The third kappa shape index (κ3) is 1.37. The fraction of sp³-hybridized carbons (Fsp3) is 0. The minimum absolute atomic E-state index is 0.333. The van der Waals surface area contributed by atoms with Crippen molar-refractivity contribution in [3.8, 4) is 16.2 Å². The largest absolute Gasteiger partial charge is 0.506 e. The Hall–Kier alpha value is -1.87. The SMILES string of the molecule is Oc1c(-c2ccccc2)sc2ccncc12. The van der Waals surface area contributed by atoms with Crippen LogP contribution in [0.1, 0.15) is 0 Å². The summed E-state index contributed by atoms with van der Waals surface area (Å²) in [5.41, 5.74) is 1.04. The molecule has 3 aromatic rings. The van der Waals surface area contributed by atoms with E-state index in [1.54, 1.807) is 23.7 Å². The van der Waals surface area contributed by atoms with Crippen molar-refractivity contribution in [1.82, 2.24) is 4.98 Å². The van der Waals surface area contributed by atoms with E-state index in [1.807, 2.05) is 36.4 Å². The number of thiophene rings is 1. The molecule has 2 nitrogen and oxygen atoms in total. The van der Waals surface area contributed by atoms with Crippen molar-refractivity contribution in [2.45, 2.75) is 0 Å². The highest BCUT2D eigenvalue weighted by atomic mass is 32.1. The van der Waals surface area contributed by atoms with Crippen LogP contribution in [-0.4, -0.2) is 10.1 Å². The zero-order chi connectivity index (χ0) is 11.0. The quantitative estimate of drug-likeness (QED) is 0.688. The molecule has 2 aromatic heterocycles. The van der Waals surface area contributed by atoms with E-state index in [2.05, 4.69) is 4.98 Å². The van der Waals surface area contributed by atoms with Gasteiger partial charge in [0.2, 0.25) is 0 Å². The van der Waals surface area contributed by atoms with E-state index in [1.165, 1.54) is 0 Å². The van der Waals surface area contributed by atoms with Crippen LogP contribution in [0, 0.1) is 0 Å². The summed E-state index contributed by atoms with van der Waals surface area (Å²) in [5, 5.41) is 10.9. The number of aromatic nitrogens is 1. The third-order valence-electron chi connectivity index (χ3n) is 2.50. The zero-order valence-corrected chi connectivity index (χ0v) is 9.24. The Morgan fingerprint density at radius 2 is 1.88 bits per heavy atom. The third-order valence-corrected chi connectivity index (χ3v) is 3.71. The maximum absolute atomic E-state index is 10.1. The number of fused-ring (bicyclic) bond motifs is 1. The molecule has 0 aliphatic heterocycles. The summed E-state index contributed by atoms with van der Waals surface area (Å²) < 4.78 is 1.06. The fourth-order valence-electron chi connectivity index (χ4n) is 1.71. The van der Waals surface area contributed by atoms with Gasteiger partial charge in [0.15, 0.2) is 0 Å². The first-order valence-electron chi connectivity index (χ1n) is 4.97. The Balaban J connectivity index is 2.29. The van der Waals surface area contributed by atoms with E-state index in [4.69, 9.17) is 0 Å². The monoisotopic (exact) mass is 227 g/mol. The van der Waals surface area contributed by atoms with Gasteiger partial charge in [-0.25, -0.2) is 0 Å². The molecule has 0 aliphatic carbocycles. The highest BCUT2D eigenvalue weighted by molar-refractivity contribution is 7.22. The molecule has 1 N–H and O–H groups in total. The first-order chi connectivity index (χ1) is 7.86. The van der Waals surface area contributed by atoms with Crippen LogP contribution in [0.3, 0.4) is 0 Å². The van der Waals surface area contributed by atoms with Crippen molar-refractivity contribution >= 4 is 21.4 Å². The van der Waals surface area contributed by atoms with Gasteiger partial charge < -0.3 is 5.11 Å². The van der Waals surface area contributed by atoms with E-state index in [0.29, 0.717) is 5.75 Å². The summed E-state index contributed by atoms with van der Waals surface area (Å²) in [6.07, 6.45) is 3.45. The number of aromatic hydroxyl groups is 1. The van der Waals surface area contributed by atoms with Gasteiger partial charge in [-0.3, -0.25) is 4.98 Å². The minimum atomic E-state index is 0.333. The van der Waals surface area contributed by atoms with Crippen molar-refractivity contribution in [3.63, 3.8) is 0 Å². The van der Waals surface area contributed by atoms with Crippen LogP contribution in [0.15, 0.2) is 48.8 Å². The molecule has 0 spiro atoms. The van der Waals surface area contributed by atoms with Crippen molar-refractivity contribution < 1.29 is 5.11 Å². The lowest BCUT2D eigenvalue weighted by atomic mass is 10.1. The highest BCUT2D eigenvalue weighted by Crippen LogP contribution is 2.42.